The molecule has 0 heterocycles. The largest absolute Gasteiger partial charge is 0.413 e. The number of nitrogens with zero attached hydrogens (tertiary/aromatic N) is 2. The molecule has 1 rings (SSSR count). The van der Waals surface area contributed by atoms with Crippen LogP contribution in [0.5, 0.6) is 0 Å². The molecule has 29 heavy (non-hydrogen) atoms. The lowest BCUT2D eigenvalue weighted by Gasteiger charge is -2.33. The van der Waals surface area contributed by atoms with Gasteiger partial charge in [-0.2, -0.15) is 13.2 Å². The number of alkyl halides is 3. The third-order valence-corrected chi connectivity index (χ3v) is 4.76. The van der Waals surface area contributed by atoms with E-state index < -0.39 is 11.7 Å². The van der Waals surface area contributed by atoms with E-state index >= 15 is 0 Å². The van der Waals surface area contributed by atoms with Crippen molar-refractivity contribution < 1.29 is 18.0 Å². The summed E-state index contributed by atoms with van der Waals surface area (Å²) in [6, 6.07) is 5.54. The van der Waals surface area contributed by atoms with Crippen LogP contribution in [0.3, 0.4) is 0 Å². The van der Waals surface area contributed by atoms with E-state index in [0.717, 1.165) is 24.3 Å². The van der Waals surface area contributed by atoms with Crippen molar-refractivity contribution in [2.45, 2.75) is 47.2 Å². The topological polar surface area (TPSA) is 32.7 Å². The summed E-state index contributed by atoms with van der Waals surface area (Å²) in [4.78, 5) is 17.2. The van der Waals surface area contributed by atoms with Gasteiger partial charge in [0.05, 0.1) is 0 Å². The third kappa shape index (κ3) is 7.37. The molecule has 1 aromatic rings. The molecule has 0 N–H and O–H groups in total. The molecule has 0 amide bonds. The second-order valence-electron chi connectivity index (χ2n) is 8.14. The van der Waals surface area contributed by atoms with Gasteiger partial charge in [0.1, 0.15) is 5.70 Å². The summed E-state index contributed by atoms with van der Waals surface area (Å²) in [6.07, 6.45) is -3.03. The van der Waals surface area contributed by atoms with Gasteiger partial charge in [-0.05, 0) is 42.9 Å². The summed E-state index contributed by atoms with van der Waals surface area (Å²) in [7, 11) is 1.37. The molecule has 0 saturated carbocycles. The number of hydrogen-bond donors (Lipinski definition) is 0. The minimum atomic E-state index is -4.58. The number of aliphatic imine (C=N–C) groups is 1. The Morgan fingerprint density at radius 1 is 1.28 bits per heavy atom. The molecule has 0 spiro atoms. The zero-order valence-electron chi connectivity index (χ0n) is 17.7. The highest BCUT2D eigenvalue weighted by molar-refractivity contribution is 6.31. The lowest BCUT2D eigenvalue weighted by atomic mass is 9.94. The summed E-state index contributed by atoms with van der Waals surface area (Å²) in [5, 5.41) is 0.592. The van der Waals surface area contributed by atoms with Gasteiger partial charge in [-0.1, -0.05) is 44.5 Å². The van der Waals surface area contributed by atoms with Crippen molar-refractivity contribution in [1.82, 2.24) is 4.90 Å². The van der Waals surface area contributed by atoms with E-state index in [4.69, 9.17) is 11.6 Å². The second-order valence-corrected chi connectivity index (χ2v) is 8.55. The van der Waals surface area contributed by atoms with Crippen molar-refractivity contribution in [3.63, 3.8) is 0 Å². The first-order valence-corrected chi connectivity index (χ1v) is 9.64. The van der Waals surface area contributed by atoms with Gasteiger partial charge in [-0.25, -0.2) is 4.79 Å². The molecule has 0 saturated heterocycles. The fourth-order valence-corrected chi connectivity index (χ4v) is 3.30. The number of aryl methyl sites for hydroxylation is 1. The van der Waals surface area contributed by atoms with Crippen molar-refractivity contribution in [2.75, 3.05) is 20.1 Å². The fourth-order valence-electron chi connectivity index (χ4n) is 2.98. The van der Waals surface area contributed by atoms with Crippen LogP contribution in [-0.4, -0.2) is 43.4 Å². The Morgan fingerprint density at radius 2 is 1.90 bits per heavy atom. The van der Waals surface area contributed by atoms with Crippen LogP contribution in [0.15, 0.2) is 40.0 Å². The Morgan fingerprint density at radius 3 is 2.34 bits per heavy atom. The SMILES string of the molecule is CN=C/C(C(=C=O)N(CCc1c(C)cccc1Cl)CC(C)(C)C)=C(\C)C(F)(F)F. The van der Waals surface area contributed by atoms with E-state index in [2.05, 4.69) is 4.99 Å². The van der Waals surface area contributed by atoms with Crippen LogP contribution in [0.1, 0.15) is 38.8 Å². The molecule has 0 aromatic heterocycles. The zero-order chi connectivity index (χ0) is 22.4. The van der Waals surface area contributed by atoms with Gasteiger partial charge in [-0.15, -0.1) is 0 Å². The fraction of sp³-hybridized carbons (Fsp3) is 0.500. The normalized spacial score (nSPS) is 13.3. The van der Waals surface area contributed by atoms with E-state index in [1.165, 1.54) is 7.05 Å². The van der Waals surface area contributed by atoms with Crippen LogP contribution in [0.4, 0.5) is 13.2 Å². The molecule has 7 heteroatoms. The number of halogens is 4. The Hall–Kier alpha value is -2.04. The van der Waals surface area contributed by atoms with Crippen molar-refractivity contribution in [2.24, 2.45) is 10.4 Å². The molecule has 3 nitrogen and oxygen atoms in total. The smallest absolute Gasteiger partial charge is 0.361 e. The molecule has 1 aromatic carbocycles. The number of hydrogen-bond acceptors (Lipinski definition) is 3. The van der Waals surface area contributed by atoms with E-state index in [0.29, 0.717) is 24.5 Å². The summed E-state index contributed by atoms with van der Waals surface area (Å²) < 4.78 is 40.1. The van der Waals surface area contributed by atoms with E-state index in [1.807, 2.05) is 39.8 Å². The Labute approximate surface area is 176 Å². The Kier molecular flexibility index (Phi) is 8.73. The lowest BCUT2D eigenvalue weighted by Crippen LogP contribution is -2.35. The summed E-state index contributed by atoms with van der Waals surface area (Å²) >= 11 is 6.30. The van der Waals surface area contributed by atoms with Crippen LogP contribution >= 0.6 is 11.6 Å². The maximum Gasteiger partial charge on any atom is 0.413 e. The van der Waals surface area contributed by atoms with Gasteiger partial charge >= 0.3 is 6.18 Å². The van der Waals surface area contributed by atoms with Gasteiger partial charge in [0, 0.05) is 42.5 Å². The van der Waals surface area contributed by atoms with Crippen LogP contribution in [0.25, 0.3) is 0 Å². The standard InChI is InChI=1S/C22H28ClF3N2O/c1-15-8-7-9-19(23)17(15)10-11-28(14-21(3,4)5)20(13-29)18(12-27-6)16(2)22(24,25)26/h7-9,12H,10-11,14H2,1-6H3/b18-16-,27-12?. The summed E-state index contributed by atoms with van der Waals surface area (Å²) in [5.41, 5.74) is 0.329. The van der Waals surface area contributed by atoms with Crippen molar-refractivity contribution in [1.29, 1.82) is 0 Å². The van der Waals surface area contributed by atoms with Crippen LogP contribution in [0.2, 0.25) is 5.02 Å². The first kappa shape index (κ1) is 25.0. The first-order chi connectivity index (χ1) is 13.3. The highest BCUT2D eigenvalue weighted by atomic mass is 35.5. The molecular formula is C22H28ClF3N2O. The molecule has 0 aliphatic heterocycles. The number of rotatable bonds is 7. The van der Waals surface area contributed by atoms with Gasteiger partial charge in [0.25, 0.3) is 0 Å². The average Bonchev–Trinajstić information content (AvgIpc) is 2.58. The molecule has 160 valence electrons. The molecular weight excluding hydrogens is 401 g/mol. The second kappa shape index (κ2) is 10.1. The zero-order valence-corrected chi connectivity index (χ0v) is 18.5. The van der Waals surface area contributed by atoms with E-state index in [1.54, 1.807) is 16.9 Å². The van der Waals surface area contributed by atoms with Gasteiger partial charge < -0.3 is 4.90 Å². The quantitative estimate of drug-likeness (QED) is 0.311. The van der Waals surface area contributed by atoms with E-state index in [9.17, 15) is 18.0 Å². The molecule has 0 bridgehead atoms. The van der Waals surface area contributed by atoms with Crippen molar-refractivity contribution in [3.8, 4) is 0 Å². The van der Waals surface area contributed by atoms with Crippen molar-refractivity contribution in [3.05, 3.63) is 51.2 Å². The molecule has 0 aliphatic carbocycles. The van der Waals surface area contributed by atoms with Gasteiger partial charge in [-0.3, -0.25) is 4.99 Å². The van der Waals surface area contributed by atoms with Crippen LogP contribution < -0.4 is 0 Å². The number of carbonyl (C=O) groups excluding carboxylic acids is 1. The minimum Gasteiger partial charge on any atom is -0.361 e. The van der Waals surface area contributed by atoms with Crippen LogP contribution in [-0.2, 0) is 11.2 Å². The summed E-state index contributed by atoms with van der Waals surface area (Å²) in [5.74, 6) is 1.74. The van der Waals surface area contributed by atoms with E-state index in [-0.39, 0.29) is 16.7 Å². The highest BCUT2D eigenvalue weighted by Crippen LogP contribution is 2.31. The highest BCUT2D eigenvalue weighted by Gasteiger charge is 2.35. The minimum absolute atomic E-state index is 0.148. The maximum absolute atomic E-state index is 13.4. The average molecular weight is 429 g/mol. The molecule has 0 radical (unpaired) electrons. The third-order valence-electron chi connectivity index (χ3n) is 4.41. The predicted molar refractivity (Wildman–Crippen MR) is 113 cm³/mol. The number of allylic oxidation sites excluding steroid dienone is 2. The first-order valence-electron chi connectivity index (χ1n) is 9.26. The Balaban J connectivity index is 3.42. The molecule has 0 atom stereocenters. The maximum atomic E-state index is 13.4. The predicted octanol–water partition coefficient (Wildman–Crippen LogP) is 5.83. The molecule has 0 unspecified atom stereocenters. The molecule has 0 aliphatic rings. The van der Waals surface area contributed by atoms with Crippen molar-refractivity contribution >= 4 is 23.8 Å². The van der Waals surface area contributed by atoms with Gasteiger partial charge in [0.15, 0.2) is 5.94 Å². The lowest BCUT2D eigenvalue weighted by molar-refractivity contribution is -0.0918. The summed E-state index contributed by atoms with van der Waals surface area (Å²) in [6.45, 7) is 9.42. The van der Waals surface area contributed by atoms with Gasteiger partial charge in [0.2, 0.25) is 0 Å². The van der Waals surface area contributed by atoms with Crippen LogP contribution in [0, 0.1) is 12.3 Å². The monoisotopic (exact) mass is 428 g/mol. The number of benzene rings is 1. The Bertz CT molecular complexity index is 809. The molecule has 0 fully saturated rings.